The molecule has 0 aliphatic heterocycles. The number of carbonyl (C=O) groups excluding carboxylic acids is 2. The highest BCUT2D eigenvalue weighted by Gasteiger charge is 2.27. The van der Waals surface area contributed by atoms with Crippen molar-refractivity contribution in [3.05, 3.63) is 0 Å². The van der Waals surface area contributed by atoms with E-state index in [2.05, 4.69) is 4.74 Å². The fourth-order valence-electron chi connectivity index (χ4n) is 0.821. The first kappa shape index (κ1) is 13.7. The van der Waals surface area contributed by atoms with E-state index in [1.165, 1.54) is 19.1 Å². The van der Waals surface area contributed by atoms with Gasteiger partial charge in [0.25, 0.3) is 0 Å². The van der Waals surface area contributed by atoms with Gasteiger partial charge in [0.1, 0.15) is 11.6 Å². The van der Waals surface area contributed by atoms with Crippen molar-refractivity contribution in [3.63, 3.8) is 0 Å². The lowest BCUT2D eigenvalue weighted by Gasteiger charge is -2.27. The van der Waals surface area contributed by atoms with Crippen molar-refractivity contribution in [1.29, 1.82) is 0 Å². The molecule has 0 bridgehead atoms. The zero-order valence-corrected chi connectivity index (χ0v) is 10.2. The second-order valence-electron chi connectivity index (χ2n) is 4.29. The van der Waals surface area contributed by atoms with Crippen molar-refractivity contribution < 1.29 is 19.1 Å². The van der Waals surface area contributed by atoms with E-state index in [0.717, 1.165) is 0 Å². The van der Waals surface area contributed by atoms with Gasteiger partial charge in [0.05, 0.1) is 7.11 Å². The summed E-state index contributed by atoms with van der Waals surface area (Å²) >= 11 is 0. The van der Waals surface area contributed by atoms with Gasteiger partial charge in [0, 0.05) is 7.05 Å². The Bertz CT molecular complexity index is 244. The molecule has 0 aliphatic carbocycles. The summed E-state index contributed by atoms with van der Waals surface area (Å²) in [6, 6.07) is -0.648. The van der Waals surface area contributed by atoms with Gasteiger partial charge < -0.3 is 9.47 Å². The Balaban J connectivity index is 4.39. The molecule has 1 atom stereocenters. The summed E-state index contributed by atoms with van der Waals surface area (Å²) in [7, 11) is 2.78. The van der Waals surface area contributed by atoms with Gasteiger partial charge in [-0.2, -0.15) is 0 Å². The van der Waals surface area contributed by atoms with E-state index in [4.69, 9.17) is 4.74 Å². The molecule has 0 rings (SSSR count). The number of methoxy groups -OCH3 is 1. The second kappa shape index (κ2) is 5.00. The number of carbonyl (C=O) groups is 2. The summed E-state index contributed by atoms with van der Waals surface area (Å²) in [5, 5.41) is 0. The maximum atomic E-state index is 11.5. The molecule has 88 valence electrons. The van der Waals surface area contributed by atoms with Crippen LogP contribution in [0.3, 0.4) is 0 Å². The minimum atomic E-state index is -0.648. The van der Waals surface area contributed by atoms with Crippen LogP contribution in [0.5, 0.6) is 0 Å². The van der Waals surface area contributed by atoms with Crippen molar-refractivity contribution in [3.8, 4) is 0 Å². The van der Waals surface area contributed by atoms with Gasteiger partial charge >= 0.3 is 12.1 Å². The first-order chi connectivity index (χ1) is 6.69. The van der Waals surface area contributed by atoms with E-state index in [0.29, 0.717) is 0 Å². The lowest BCUT2D eigenvalue weighted by molar-refractivity contribution is -0.145. The molecule has 0 spiro atoms. The van der Waals surface area contributed by atoms with Crippen LogP contribution in [0.25, 0.3) is 0 Å². The Kier molecular flexibility index (Phi) is 4.58. The number of ether oxygens (including phenoxy) is 2. The van der Waals surface area contributed by atoms with Gasteiger partial charge in [-0.3, -0.25) is 4.90 Å². The Morgan fingerprint density at radius 3 is 2.07 bits per heavy atom. The number of esters is 1. The third-order valence-electron chi connectivity index (χ3n) is 1.80. The second-order valence-corrected chi connectivity index (χ2v) is 4.29. The van der Waals surface area contributed by atoms with E-state index < -0.39 is 23.7 Å². The molecule has 1 amide bonds. The van der Waals surface area contributed by atoms with E-state index in [9.17, 15) is 9.59 Å². The quantitative estimate of drug-likeness (QED) is 0.656. The van der Waals surface area contributed by atoms with Crippen LogP contribution in [-0.2, 0) is 14.3 Å². The van der Waals surface area contributed by atoms with Crippen molar-refractivity contribution in [1.82, 2.24) is 4.90 Å². The van der Waals surface area contributed by atoms with Gasteiger partial charge in [0.15, 0.2) is 0 Å². The molecule has 0 saturated heterocycles. The summed E-state index contributed by atoms with van der Waals surface area (Å²) in [6.07, 6.45) is -0.541. The molecule has 0 saturated carbocycles. The van der Waals surface area contributed by atoms with E-state index >= 15 is 0 Å². The Hall–Kier alpha value is -1.26. The highest BCUT2D eigenvalue weighted by atomic mass is 16.6. The van der Waals surface area contributed by atoms with Crippen LogP contribution in [-0.4, -0.2) is 42.8 Å². The number of likely N-dealkylation sites (N-methyl/N-ethyl adjacent to an activating group) is 1. The van der Waals surface area contributed by atoms with Crippen molar-refractivity contribution in [2.75, 3.05) is 14.2 Å². The van der Waals surface area contributed by atoms with Crippen LogP contribution in [0.4, 0.5) is 4.79 Å². The molecule has 0 N–H and O–H groups in total. The molecule has 0 unspecified atom stereocenters. The minimum Gasteiger partial charge on any atom is -0.467 e. The maximum Gasteiger partial charge on any atom is 0.410 e. The molecule has 0 fully saturated rings. The van der Waals surface area contributed by atoms with Gasteiger partial charge in [-0.05, 0) is 27.7 Å². The van der Waals surface area contributed by atoms with Gasteiger partial charge in [-0.25, -0.2) is 9.59 Å². The van der Waals surface area contributed by atoms with Crippen molar-refractivity contribution >= 4 is 12.1 Å². The number of amides is 1. The molecule has 0 aliphatic rings. The van der Waals surface area contributed by atoms with Crippen molar-refractivity contribution in [2.45, 2.75) is 39.3 Å². The zero-order chi connectivity index (χ0) is 12.2. The normalized spacial score (nSPS) is 12.9. The largest absolute Gasteiger partial charge is 0.467 e. The van der Waals surface area contributed by atoms with Crippen LogP contribution in [0.2, 0.25) is 0 Å². The maximum absolute atomic E-state index is 11.5. The summed E-state index contributed by atoms with van der Waals surface area (Å²) in [4.78, 5) is 23.9. The predicted molar refractivity (Wildman–Crippen MR) is 55.5 cm³/mol. The number of nitrogens with zero attached hydrogens (tertiary/aromatic N) is 1. The molecule has 0 aromatic carbocycles. The molecular weight excluding hydrogens is 198 g/mol. The minimum absolute atomic E-state index is 0.469. The zero-order valence-electron chi connectivity index (χ0n) is 10.2. The molecule has 5 nitrogen and oxygen atoms in total. The molecular formula is C10H19NO4. The number of hydrogen-bond acceptors (Lipinski definition) is 4. The Morgan fingerprint density at radius 1 is 1.27 bits per heavy atom. The van der Waals surface area contributed by atoms with E-state index in [1.807, 2.05) is 0 Å². The molecule has 0 radical (unpaired) electrons. The molecule has 0 aromatic rings. The fourth-order valence-corrected chi connectivity index (χ4v) is 0.821. The molecule has 5 heteroatoms. The smallest absolute Gasteiger partial charge is 0.410 e. The summed E-state index contributed by atoms with van der Waals surface area (Å²) in [6.45, 7) is 6.88. The van der Waals surface area contributed by atoms with Crippen LogP contribution in [0.1, 0.15) is 27.7 Å². The van der Waals surface area contributed by atoms with Crippen LogP contribution >= 0.6 is 0 Å². The van der Waals surface area contributed by atoms with Crippen LogP contribution < -0.4 is 0 Å². The van der Waals surface area contributed by atoms with E-state index in [-0.39, 0.29) is 0 Å². The molecule has 0 aromatic heterocycles. The van der Waals surface area contributed by atoms with Crippen LogP contribution in [0, 0.1) is 0 Å². The fraction of sp³-hybridized carbons (Fsp3) is 0.800. The summed E-state index contributed by atoms with van der Waals surface area (Å²) < 4.78 is 9.62. The molecule has 15 heavy (non-hydrogen) atoms. The van der Waals surface area contributed by atoms with Gasteiger partial charge in [-0.1, -0.05) is 0 Å². The standard InChI is InChI=1S/C10H19NO4/c1-7(8(12)14-6)11(5)9(13)15-10(2,3)4/h7H,1-6H3/t7-/m1/s1. The monoisotopic (exact) mass is 217 g/mol. The average Bonchev–Trinajstić information content (AvgIpc) is 2.11. The molecule has 0 heterocycles. The topological polar surface area (TPSA) is 55.8 Å². The third-order valence-corrected chi connectivity index (χ3v) is 1.80. The van der Waals surface area contributed by atoms with Gasteiger partial charge in [0.2, 0.25) is 0 Å². The van der Waals surface area contributed by atoms with Crippen LogP contribution in [0.15, 0.2) is 0 Å². The van der Waals surface area contributed by atoms with Crippen molar-refractivity contribution in [2.24, 2.45) is 0 Å². The third kappa shape index (κ3) is 4.67. The highest BCUT2D eigenvalue weighted by Crippen LogP contribution is 2.10. The first-order valence-electron chi connectivity index (χ1n) is 4.72. The first-order valence-corrected chi connectivity index (χ1v) is 4.72. The average molecular weight is 217 g/mol. The summed E-state index contributed by atoms with van der Waals surface area (Å²) in [5.41, 5.74) is -0.568. The number of rotatable bonds is 2. The Morgan fingerprint density at radius 2 is 1.73 bits per heavy atom. The van der Waals surface area contributed by atoms with E-state index in [1.54, 1.807) is 27.7 Å². The highest BCUT2D eigenvalue weighted by molar-refractivity contribution is 5.80. The number of hydrogen-bond donors (Lipinski definition) is 0. The predicted octanol–water partition coefficient (Wildman–Crippen LogP) is 1.41. The van der Waals surface area contributed by atoms with Gasteiger partial charge in [-0.15, -0.1) is 0 Å². The summed E-state index contributed by atoms with van der Waals surface area (Å²) in [5.74, 6) is -0.469. The SMILES string of the molecule is COC(=O)[C@@H](C)N(C)C(=O)OC(C)(C)C. The Labute approximate surface area is 90.3 Å². The lowest BCUT2D eigenvalue weighted by Crippen LogP contribution is -2.43. The lowest BCUT2D eigenvalue weighted by atomic mass is 10.2.